The number of aromatic nitrogens is 1. The summed E-state index contributed by atoms with van der Waals surface area (Å²) in [5.74, 6) is -0.117. The van der Waals surface area contributed by atoms with E-state index < -0.39 is 0 Å². The summed E-state index contributed by atoms with van der Waals surface area (Å²) >= 11 is 5.86. The number of rotatable bonds is 1. The zero-order chi connectivity index (χ0) is 11.5. The van der Waals surface area contributed by atoms with Crippen LogP contribution in [0.5, 0.6) is 5.75 Å². The molecule has 1 aromatic heterocycles. The Morgan fingerprint density at radius 3 is 2.81 bits per heavy atom. The van der Waals surface area contributed by atoms with E-state index in [2.05, 4.69) is 4.98 Å². The van der Waals surface area contributed by atoms with Gasteiger partial charge < -0.3 is 5.11 Å². The maximum absolute atomic E-state index is 9.33. The molecule has 0 bridgehead atoms. The first-order chi connectivity index (χ1) is 7.70. The summed E-state index contributed by atoms with van der Waals surface area (Å²) < 4.78 is 0. The highest BCUT2D eigenvalue weighted by Crippen LogP contribution is 2.24. The second-order valence-electron chi connectivity index (χ2n) is 3.21. The van der Waals surface area contributed by atoms with Crippen LogP contribution in [0.2, 0.25) is 5.02 Å². The fraction of sp³-hybridized carbons (Fsp3) is 0. The van der Waals surface area contributed by atoms with Gasteiger partial charge in [0.05, 0.1) is 17.5 Å². The van der Waals surface area contributed by atoms with Crippen molar-refractivity contribution in [3.8, 4) is 23.1 Å². The van der Waals surface area contributed by atoms with Crippen molar-refractivity contribution in [3.63, 3.8) is 0 Å². The third-order valence-corrected chi connectivity index (χ3v) is 2.36. The van der Waals surface area contributed by atoms with Gasteiger partial charge in [-0.2, -0.15) is 5.26 Å². The highest BCUT2D eigenvalue weighted by molar-refractivity contribution is 6.30. The average molecular weight is 231 g/mol. The minimum absolute atomic E-state index is 0.117. The fourth-order valence-electron chi connectivity index (χ4n) is 1.34. The number of benzene rings is 1. The lowest BCUT2D eigenvalue weighted by Crippen LogP contribution is -1.86. The Morgan fingerprint density at radius 2 is 2.12 bits per heavy atom. The summed E-state index contributed by atoms with van der Waals surface area (Å²) in [5.41, 5.74) is 1.62. The van der Waals surface area contributed by atoms with Gasteiger partial charge in [0.25, 0.3) is 0 Å². The highest BCUT2D eigenvalue weighted by atomic mass is 35.5. The molecule has 1 heterocycles. The Kier molecular flexibility index (Phi) is 2.76. The van der Waals surface area contributed by atoms with Gasteiger partial charge in [-0.25, -0.2) is 0 Å². The SMILES string of the molecule is N#Cc1cc(-c2cccc(Cl)c2)ncc1O. The zero-order valence-corrected chi connectivity index (χ0v) is 8.94. The number of hydrogen-bond donors (Lipinski definition) is 1. The molecule has 0 amide bonds. The van der Waals surface area contributed by atoms with Crippen LogP contribution >= 0.6 is 11.6 Å². The van der Waals surface area contributed by atoms with E-state index in [-0.39, 0.29) is 11.3 Å². The maximum atomic E-state index is 9.33. The molecule has 0 aliphatic carbocycles. The van der Waals surface area contributed by atoms with Crippen molar-refractivity contribution >= 4 is 11.6 Å². The van der Waals surface area contributed by atoms with E-state index >= 15 is 0 Å². The smallest absolute Gasteiger partial charge is 0.151 e. The standard InChI is InChI=1S/C12H7ClN2O/c13-10-3-1-2-8(4-10)11-5-9(6-14)12(16)7-15-11/h1-5,7,16H. The average Bonchev–Trinajstić information content (AvgIpc) is 2.29. The lowest BCUT2D eigenvalue weighted by atomic mass is 10.1. The lowest BCUT2D eigenvalue weighted by Gasteiger charge is -2.02. The van der Waals surface area contributed by atoms with Crippen LogP contribution in [-0.4, -0.2) is 10.1 Å². The molecule has 0 aliphatic rings. The molecule has 0 spiro atoms. The molecule has 78 valence electrons. The Morgan fingerprint density at radius 1 is 1.31 bits per heavy atom. The van der Waals surface area contributed by atoms with Crippen molar-refractivity contribution < 1.29 is 5.11 Å². The van der Waals surface area contributed by atoms with E-state index in [0.717, 1.165) is 5.56 Å². The van der Waals surface area contributed by atoms with Crippen LogP contribution < -0.4 is 0 Å². The molecule has 2 rings (SSSR count). The highest BCUT2D eigenvalue weighted by Gasteiger charge is 2.05. The number of pyridine rings is 1. The first-order valence-corrected chi connectivity index (χ1v) is 4.93. The summed E-state index contributed by atoms with van der Waals surface area (Å²) in [4.78, 5) is 4.04. The van der Waals surface area contributed by atoms with Crippen molar-refractivity contribution in [2.75, 3.05) is 0 Å². The van der Waals surface area contributed by atoms with Gasteiger partial charge in [-0.1, -0.05) is 23.7 Å². The van der Waals surface area contributed by atoms with E-state index in [4.69, 9.17) is 16.9 Å². The molecule has 0 atom stereocenters. The third-order valence-electron chi connectivity index (χ3n) is 2.12. The van der Waals surface area contributed by atoms with Gasteiger partial charge in [-0.05, 0) is 18.2 Å². The Bertz CT molecular complexity index is 575. The Labute approximate surface area is 97.6 Å². The van der Waals surface area contributed by atoms with Crippen molar-refractivity contribution in [2.45, 2.75) is 0 Å². The third kappa shape index (κ3) is 1.97. The zero-order valence-electron chi connectivity index (χ0n) is 8.18. The fourth-order valence-corrected chi connectivity index (χ4v) is 1.53. The van der Waals surface area contributed by atoms with E-state index in [1.54, 1.807) is 18.2 Å². The van der Waals surface area contributed by atoms with Crippen LogP contribution in [0.25, 0.3) is 11.3 Å². The monoisotopic (exact) mass is 230 g/mol. The van der Waals surface area contributed by atoms with E-state index in [1.165, 1.54) is 12.3 Å². The molecule has 0 saturated carbocycles. The lowest BCUT2D eigenvalue weighted by molar-refractivity contribution is 0.471. The number of halogens is 1. The molecule has 4 heteroatoms. The first kappa shape index (κ1) is 10.5. The number of nitrogens with zero attached hydrogens (tertiary/aromatic N) is 2. The molecule has 0 saturated heterocycles. The minimum Gasteiger partial charge on any atom is -0.505 e. The van der Waals surface area contributed by atoms with Crippen molar-refractivity contribution in [1.29, 1.82) is 5.26 Å². The molecule has 0 fully saturated rings. The molecule has 0 unspecified atom stereocenters. The molecule has 0 aliphatic heterocycles. The van der Waals surface area contributed by atoms with Crippen molar-refractivity contribution in [2.24, 2.45) is 0 Å². The van der Waals surface area contributed by atoms with Gasteiger partial charge in [-0.3, -0.25) is 4.98 Å². The van der Waals surface area contributed by atoms with Crippen LogP contribution in [0.15, 0.2) is 36.5 Å². The van der Waals surface area contributed by atoms with E-state index in [1.807, 2.05) is 12.1 Å². The summed E-state index contributed by atoms with van der Waals surface area (Å²) in [6.45, 7) is 0. The largest absolute Gasteiger partial charge is 0.505 e. The number of aromatic hydroxyl groups is 1. The van der Waals surface area contributed by atoms with Crippen LogP contribution in [0.3, 0.4) is 0 Å². The quantitative estimate of drug-likeness (QED) is 0.819. The molecule has 3 nitrogen and oxygen atoms in total. The predicted molar refractivity (Wildman–Crippen MR) is 61.1 cm³/mol. The summed E-state index contributed by atoms with van der Waals surface area (Å²) in [6, 6.07) is 10.6. The van der Waals surface area contributed by atoms with E-state index in [9.17, 15) is 5.11 Å². The summed E-state index contributed by atoms with van der Waals surface area (Å²) in [6.07, 6.45) is 1.26. The Hall–Kier alpha value is -2.05. The number of hydrogen-bond acceptors (Lipinski definition) is 3. The first-order valence-electron chi connectivity index (χ1n) is 4.56. The van der Waals surface area contributed by atoms with Gasteiger partial charge in [0.2, 0.25) is 0 Å². The summed E-state index contributed by atoms with van der Waals surface area (Å²) in [7, 11) is 0. The predicted octanol–water partition coefficient (Wildman–Crippen LogP) is 2.98. The van der Waals surface area contributed by atoms with Gasteiger partial charge in [0.15, 0.2) is 5.75 Å². The molecule has 16 heavy (non-hydrogen) atoms. The van der Waals surface area contributed by atoms with Crippen LogP contribution in [-0.2, 0) is 0 Å². The maximum Gasteiger partial charge on any atom is 0.151 e. The number of nitriles is 1. The molecule has 2 aromatic rings. The van der Waals surface area contributed by atoms with Gasteiger partial charge in [0.1, 0.15) is 6.07 Å². The molecular formula is C12H7ClN2O. The van der Waals surface area contributed by atoms with Crippen LogP contribution in [0, 0.1) is 11.3 Å². The Balaban J connectivity index is 2.54. The van der Waals surface area contributed by atoms with Crippen LogP contribution in [0.1, 0.15) is 5.56 Å². The van der Waals surface area contributed by atoms with Gasteiger partial charge in [0, 0.05) is 10.6 Å². The molecule has 0 radical (unpaired) electrons. The van der Waals surface area contributed by atoms with Crippen molar-refractivity contribution in [1.82, 2.24) is 4.98 Å². The second-order valence-corrected chi connectivity index (χ2v) is 3.65. The van der Waals surface area contributed by atoms with Gasteiger partial charge in [-0.15, -0.1) is 0 Å². The topological polar surface area (TPSA) is 56.9 Å². The second kappa shape index (κ2) is 4.21. The van der Waals surface area contributed by atoms with Crippen molar-refractivity contribution in [3.05, 3.63) is 47.1 Å². The normalized spacial score (nSPS) is 9.75. The summed E-state index contributed by atoms with van der Waals surface area (Å²) in [5, 5.41) is 18.7. The molecular weight excluding hydrogens is 224 g/mol. The van der Waals surface area contributed by atoms with Gasteiger partial charge >= 0.3 is 0 Å². The molecule has 1 aromatic carbocycles. The van der Waals surface area contributed by atoms with E-state index in [0.29, 0.717) is 10.7 Å². The minimum atomic E-state index is -0.117. The van der Waals surface area contributed by atoms with Crippen LogP contribution in [0.4, 0.5) is 0 Å². The molecule has 1 N–H and O–H groups in total.